The molecule has 1 amide bonds. The van der Waals surface area contributed by atoms with Gasteiger partial charge in [0.15, 0.2) is 0 Å². The molecule has 1 unspecified atom stereocenters. The summed E-state index contributed by atoms with van der Waals surface area (Å²) in [5, 5.41) is 7.70. The Bertz CT molecular complexity index is 1270. The van der Waals surface area contributed by atoms with Crippen LogP contribution in [0, 0.1) is 5.92 Å². The highest BCUT2D eigenvalue weighted by molar-refractivity contribution is 5.88. The third-order valence-corrected chi connectivity index (χ3v) is 8.51. The number of nitrogens with one attached hydrogen (secondary N) is 1. The minimum atomic E-state index is -0.0704. The summed E-state index contributed by atoms with van der Waals surface area (Å²) in [5.41, 5.74) is 4.17. The first-order valence-electron chi connectivity index (χ1n) is 13.4. The number of carbonyl (C=O) groups excluding carboxylic acids is 1. The zero-order valence-electron chi connectivity index (χ0n) is 20.8. The summed E-state index contributed by atoms with van der Waals surface area (Å²) in [4.78, 5) is 19.1. The van der Waals surface area contributed by atoms with E-state index in [2.05, 4.69) is 44.7 Å². The van der Waals surface area contributed by atoms with Gasteiger partial charge in [-0.25, -0.2) is 4.98 Å². The zero-order valence-corrected chi connectivity index (χ0v) is 20.8. The summed E-state index contributed by atoms with van der Waals surface area (Å²) in [6.45, 7) is 6.71. The fraction of sp³-hybridized carbons (Fsp3) is 0.593. The van der Waals surface area contributed by atoms with Crippen molar-refractivity contribution in [1.29, 1.82) is 0 Å². The molecule has 190 valence electrons. The summed E-state index contributed by atoms with van der Waals surface area (Å²) in [5.74, 6) is 1.13. The molecule has 3 aromatic rings. The number of hydrogen-bond acceptors (Lipinski definition) is 6. The number of carbonyl (C=O) groups is 1. The van der Waals surface area contributed by atoms with Gasteiger partial charge in [-0.1, -0.05) is 0 Å². The van der Waals surface area contributed by atoms with Crippen LogP contribution in [0.3, 0.4) is 0 Å². The second-order valence-electron chi connectivity index (χ2n) is 11.0. The van der Waals surface area contributed by atoms with E-state index < -0.39 is 0 Å². The summed E-state index contributed by atoms with van der Waals surface area (Å²) in [6, 6.07) is 5.85. The van der Waals surface area contributed by atoms with Gasteiger partial charge >= 0.3 is 0 Å². The van der Waals surface area contributed by atoms with Crippen molar-refractivity contribution in [2.45, 2.75) is 63.3 Å². The molecule has 1 N–H and O–H groups in total. The lowest BCUT2D eigenvalue weighted by Gasteiger charge is -2.41. The zero-order chi connectivity index (χ0) is 24.2. The number of hydrogen-bond donors (Lipinski definition) is 1. The first-order valence-corrected chi connectivity index (χ1v) is 13.4. The van der Waals surface area contributed by atoms with Crippen LogP contribution in [0.2, 0.25) is 0 Å². The fourth-order valence-corrected chi connectivity index (χ4v) is 5.91. The third-order valence-electron chi connectivity index (χ3n) is 8.51. The predicted octanol–water partition coefficient (Wildman–Crippen LogP) is 3.17. The Hall–Kier alpha value is -2.91. The van der Waals surface area contributed by atoms with E-state index in [-0.39, 0.29) is 17.9 Å². The number of amides is 1. The maximum Gasteiger partial charge on any atom is 0.220 e. The van der Waals surface area contributed by atoms with Gasteiger partial charge in [0.25, 0.3) is 0 Å². The van der Waals surface area contributed by atoms with Gasteiger partial charge in [-0.2, -0.15) is 5.10 Å². The molecular weight excluding hydrogens is 456 g/mol. The second kappa shape index (κ2) is 8.88. The van der Waals surface area contributed by atoms with Crippen molar-refractivity contribution in [3.8, 4) is 16.9 Å². The molecule has 3 aliphatic heterocycles. The molecule has 1 saturated carbocycles. The van der Waals surface area contributed by atoms with Gasteiger partial charge in [0.1, 0.15) is 17.4 Å². The first kappa shape index (κ1) is 22.3. The van der Waals surface area contributed by atoms with Crippen molar-refractivity contribution >= 4 is 16.9 Å². The number of rotatable bonds is 7. The molecule has 9 heteroatoms. The number of piperidine rings is 1. The Morgan fingerprint density at radius 2 is 1.92 bits per heavy atom. The Morgan fingerprint density at radius 3 is 2.61 bits per heavy atom. The van der Waals surface area contributed by atoms with Gasteiger partial charge in [0.05, 0.1) is 43.3 Å². The average Bonchev–Trinajstić information content (AvgIpc) is 3.22. The van der Waals surface area contributed by atoms with E-state index in [1.165, 1.54) is 12.8 Å². The summed E-state index contributed by atoms with van der Waals surface area (Å²) < 4.78 is 16.4. The van der Waals surface area contributed by atoms with Crippen LogP contribution in [0.5, 0.6) is 5.75 Å². The molecule has 0 bridgehead atoms. The van der Waals surface area contributed by atoms with Crippen molar-refractivity contribution < 1.29 is 14.3 Å². The summed E-state index contributed by atoms with van der Waals surface area (Å²) in [6.07, 6.45) is 11.1. The van der Waals surface area contributed by atoms with Crippen LogP contribution in [-0.2, 0) is 9.53 Å². The van der Waals surface area contributed by atoms with Crippen molar-refractivity contribution in [2.24, 2.45) is 5.92 Å². The van der Waals surface area contributed by atoms with Crippen molar-refractivity contribution in [1.82, 2.24) is 29.5 Å². The minimum Gasteiger partial charge on any atom is -0.488 e. The van der Waals surface area contributed by atoms with Crippen LogP contribution in [0.25, 0.3) is 22.2 Å². The van der Waals surface area contributed by atoms with Crippen LogP contribution < -0.4 is 10.1 Å². The molecule has 9 nitrogen and oxygen atoms in total. The van der Waals surface area contributed by atoms with E-state index in [4.69, 9.17) is 19.6 Å². The first-order chi connectivity index (χ1) is 17.6. The number of ether oxygens (including phenoxy) is 2. The van der Waals surface area contributed by atoms with E-state index in [0.717, 1.165) is 67.1 Å². The van der Waals surface area contributed by atoms with Crippen LogP contribution in [0.4, 0.5) is 0 Å². The topological polar surface area (TPSA) is 86.4 Å². The highest BCUT2D eigenvalue weighted by atomic mass is 16.5. The van der Waals surface area contributed by atoms with Gasteiger partial charge in [-0.3, -0.25) is 14.4 Å². The van der Waals surface area contributed by atoms with Crippen LogP contribution >= 0.6 is 0 Å². The molecule has 7 rings (SSSR count). The number of likely N-dealkylation sites (tertiary alicyclic amines) is 1. The molecule has 2 aromatic heterocycles. The van der Waals surface area contributed by atoms with Crippen molar-refractivity contribution in [2.75, 3.05) is 32.8 Å². The van der Waals surface area contributed by atoms with Crippen LogP contribution in [0.1, 0.15) is 51.1 Å². The molecule has 0 radical (unpaired) electrons. The Morgan fingerprint density at radius 1 is 1.08 bits per heavy atom. The van der Waals surface area contributed by atoms with Crippen LogP contribution in [-0.4, -0.2) is 75.1 Å². The van der Waals surface area contributed by atoms with Gasteiger partial charge in [0, 0.05) is 49.8 Å². The Labute approximate surface area is 210 Å². The van der Waals surface area contributed by atoms with E-state index in [1.807, 2.05) is 12.5 Å². The molecule has 1 aliphatic carbocycles. The SMILES string of the molecule is CC(Oc1cc(-c2cnn(C3CCN(C4COC4)CC3)c2)cc2ncn(C3CC3)c12)[C@H]1CNC(=O)C1. The molecule has 2 atom stereocenters. The maximum absolute atomic E-state index is 11.8. The predicted molar refractivity (Wildman–Crippen MR) is 135 cm³/mol. The van der Waals surface area contributed by atoms with E-state index >= 15 is 0 Å². The second-order valence-corrected chi connectivity index (χ2v) is 11.0. The van der Waals surface area contributed by atoms with Gasteiger partial charge in [-0.15, -0.1) is 0 Å². The van der Waals surface area contributed by atoms with E-state index in [9.17, 15) is 4.79 Å². The Kier molecular flexibility index (Phi) is 5.50. The number of fused-ring (bicyclic) bond motifs is 1. The third kappa shape index (κ3) is 4.08. The molecule has 3 saturated heterocycles. The van der Waals surface area contributed by atoms with E-state index in [0.29, 0.717) is 31.1 Å². The quantitative estimate of drug-likeness (QED) is 0.548. The lowest BCUT2D eigenvalue weighted by Crippen LogP contribution is -2.51. The van der Waals surface area contributed by atoms with E-state index in [1.54, 1.807) is 0 Å². The van der Waals surface area contributed by atoms with Crippen molar-refractivity contribution in [3.63, 3.8) is 0 Å². The number of nitrogens with zero attached hydrogens (tertiary/aromatic N) is 5. The maximum atomic E-state index is 11.8. The van der Waals surface area contributed by atoms with Gasteiger partial charge < -0.3 is 19.4 Å². The fourth-order valence-electron chi connectivity index (χ4n) is 5.91. The Balaban J connectivity index is 1.15. The number of aromatic nitrogens is 4. The largest absolute Gasteiger partial charge is 0.488 e. The number of benzene rings is 1. The summed E-state index contributed by atoms with van der Waals surface area (Å²) >= 11 is 0. The molecule has 4 fully saturated rings. The normalized spacial score (nSPS) is 24.7. The highest BCUT2D eigenvalue weighted by Gasteiger charge is 2.32. The van der Waals surface area contributed by atoms with Crippen molar-refractivity contribution in [3.05, 3.63) is 30.9 Å². The molecule has 4 aliphatic rings. The lowest BCUT2D eigenvalue weighted by atomic mass is 10.0. The standard InChI is InChI=1S/C27H34N6O3/c1-17(19-10-26(34)28-11-19)36-25-9-18(8-24-27(25)32(16-29-24)21-2-3-21)20-12-30-33(13-20)22-4-6-31(7-5-22)23-14-35-15-23/h8-9,12-13,16-17,19,21-23H,2-7,10-11,14-15H2,1H3,(H,28,34)/t17?,19-/m1/s1. The average molecular weight is 491 g/mol. The molecular formula is C27H34N6O3. The highest BCUT2D eigenvalue weighted by Crippen LogP contribution is 2.42. The lowest BCUT2D eigenvalue weighted by molar-refractivity contribution is -0.119. The van der Waals surface area contributed by atoms with Gasteiger partial charge in [0.2, 0.25) is 5.91 Å². The van der Waals surface area contributed by atoms with Crippen LogP contribution in [0.15, 0.2) is 30.9 Å². The monoisotopic (exact) mass is 490 g/mol. The molecule has 1 aromatic carbocycles. The molecule has 0 spiro atoms. The molecule has 36 heavy (non-hydrogen) atoms. The number of imidazole rings is 1. The molecule has 5 heterocycles. The minimum absolute atomic E-state index is 0.0704. The summed E-state index contributed by atoms with van der Waals surface area (Å²) in [7, 11) is 0. The van der Waals surface area contributed by atoms with Gasteiger partial charge in [-0.05, 0) is 50.3 Å². The smallest absolute Gasteiger partial charge is 0.220 e.